The van der Waals surface area contributed by atoms with Gasteiger partial charge in [-0.3, -0.25) is 0 Å². The molecule has 1 aromatic rings. The highest BCUT2D eigenvalue weighted by molar-refractivity contribution is 9.10. The van der Waals surface area contributed by atoms with Crippen LogP contribution in [0.25, 0.3) is 0 Å². The SMILES string of the molecule is CNCC1CCCN1S(=O)(=O)c1ccc(Cl)cc1Br.Cl. The van der Waals surface area contributed by atoms with Crippen LogP contribution in [0.1, 0.15) is 12.8 Å². The van der Waals surface area contributed by atoms with Crippen molar-refractivity contribution in [2.45, 2.75) is 23.8 Å². The van der Waals surface area contributed by atoms with E-state index < -0.39 is 10.0 Å². The van der Waals surface area contributed by atoms with Gasteiger partial charge in [0.2, 0.25) is 10.0 Å². The van der Waals surface area contributed by atoms with Gasteiger partial charge in [-0.05, 0) is 54.0 Å². The van der Waals surface area contributed by atoms with Gasteiger partial charge in [0.25, 0.3) is 0 Å². The zero-order chi connectivity index (χ0) is 14.0. The Morgan fingerprint density at radius 1 is 1.50 bits per heavy atom. The largest absolute Gasteiger partial charge is 0.318 e. The van der Waals surface area contributed by atoms with Crippen LogP contribution in [0.5, 0.6) is 0 Å². The van der Waals surface area contributed by atoms with Crippen LogP contribution in [0, 0.1) is 0 Å². The molecule has 1 aromatic carbocycles. The molecule has 1 aliphatic rings. The van der Waals surface area contributed by atoms with Gasteiger partial charge in [0.1, 0.15) is 0 Å². The quantitative estimate of drug-likeness (QED) is 0.840. The molecule has 1 N–H and O–H groups in total. The number of sulfonamides is 1. The maximum Gasteiger partial charge on any atom is 0.244 e. The summed E-state index contributed by atoms with van der Waals surface area (Å²) >= 11 is 9.14. The molecule has 1 saturated heterocycles. The molecule has 8 heteroatoms. The molecule has 1 heterocycles. The average molecular weight is 404 g/mol. The molecule has 0 spiro atoms. The molecule has 4 nitrogen and oxygen atoms in total. The predicted octanol–water partition coefficient (Wildman–Crippen LogP) is 2.90. The van der Waals surface area contributed by atoms with Crippen LogP contribution in [-0.4, -0.2) is 38.9 Å². The van der Waals surface area contributed by atoms with Crippen molar-refractivity contribution in [2.75, 3.05) is 20.1 Å². The highest BCUT2D eigenvalue weighted by atomic mass is 79.9. The number of likely N-dealkylation sites (N-methyl/N-ethyl adjacent to an activating group) is 1. The topological polar surface area (TPSA) is 49.4 Å². The van der Waals surface area contributed by atoms with Crippen LogP contribution in [-0.2, 0) is 10.0 Å². The lowest BCUT2D eigenvalue weighted by atomic mass is 10.2. The Morgan fingerprint density at radius 2 is 2.20 bits per heavy atom. The first-order chi connectivity index (χ1) is 8.96. The molecule has 1 fully saturated rings. The van der Waals surface area contributed by atoms with E-state index in [-0.39, 0.29) is 23.3 Å². The van der Waals surface area contributed by atoms with Crippen molar-refractivity contribution in [1.82, 2.24) is 9.62 Å². The summed E-state index contributed by atoms with van der Waals surface area (Å²) in [5.74, 6) is 0. The summed E-state index contributed by atoms with van der Waals surface area (Å²) in [5.41, 5.74) is 0. The molecule has 2 rings (SSSR count). The van der Waals surface area contributed by atoms with E-state index in [1.54, 1.807) is 22.5 Å². The highest BCUT2D eigenvalue weighted by Crippen LogP contribution is 2.31. The third-order valence-corrected chi connectivity index (χ3v) is 6.41. The minimum atomic E-state index is -3.47. The zero-order valence-corrected chi connectivity index (χ0v) is 14.9. The van der Waals surface area contributed by atoms with Gasteiger partial charge < -0.3 is 5.32 Å². The van der Waals surface area contributed by atoms with Crippen LogP contribution >= 0.6 is 39.9 Å². The Kier molecular flexibility index (Phi) is 6.76. The van der Waals surface area contributed by atoms with Gasteiger partial charge in [0.15, 0.2) is 0 Å². The van der Waals surface area contributed by atoms with E-state index in [4.69, 9.17) is 11.6 Å². The summed E-state index contributed by atoms with van der Waals surface area (Å²) in [6, 6.07) is 4.79. The summed E-state index contributed by atoms with van der Waals surface area (Å²) in [4.78, 5) is 0.278. The third-order valence-electron chi connectivity index (χ3n) is 3.24. The molecule has 1 aliphatic heterocycles. The number of rotatable bonds is 4. The lowest BCUT2D eigenvalue weighted by Crippen LogP contribution is -2.40. The van der Waals surface area contributed by atoms with Crippen LogP contribution in [0.2, 0.25) is 5.02 Å². The smallest absolute Gasteiger partial charge is 0.244 e. The number of nitrogens with one attached hydrogen (secondary N) is 1. The van der Waals surface area contributed by atoms with E-state index in [9.17, 15) is 8.42 Å². The van der Waals surface area contributed by atoms with Crippen molar-refractivity contribution in [3.05, 3.63) is 27.7 Å². The van der Waals surface area contributed by atoms with Crippen LogP contribution in [0.15, 0.2) is 27.6 Å². The van der Waals surface area contributed by atoms with Crippen molar-refractivity contribution in [3.63, 3.8) is 0 Å². The second-order valence-electron chi connectivity index (χ2n) is 4.54. The van der Waals surface area contributed by atoms with Crippen molar-refractivity contribution in [1.29, 1.82) is 0 Å². The van der Waals surface area contributed by atoms with Crippen LogP contribution < -0.4 is 5.32 Å². The second kappa shape index (κ2) is 7.42. The molecule has 0 aromatic heterocycles. The van der Waals surface area contributed by atoms with E-state index in [2.05, 4.69) is 21.2 Å². The fourth-order valence-electron chi connectivity index (χ4n) is 2.38. The second-order valence-corrected chi connectivity index (χ2v) is 7.69. The molecule has 0 bridgehead atoms. The Balaban J connectivity index is 0.00000200. The van der Waals surface area contributed by atoms with Gasteiger partial charge in [-0.15, -0.1) is 12.4 Å². The van der Waals surface area contributed by atoms with Gasteiger partial charge in [0, 0.05) is 28.6 Å². The van der Waals surface area contributed by atoms with Crippen molar-refractivity contribution in [2.24, 2.45) is 0 Å². The van der Waals surface area contributed by atoms with E-state index in [1.807, 2.05) is 7.05 Å². The Hall–Kier alpha value is 0.150. The van der Waals surface area contributed by atoms with Gasteiger partial charge in [-0.1, -0.05) is 11.6 Å². The number of halogens is 3. The molecule has 0 aliphatic carbocycles. The fraction of sp³-hybridized carbons (Fsp3) is 0.500. The van der Waals surface area contributed by atoms with E-state index in [1.165, 1.54) is 0 Å². The first-order valence-electron chi connectivity index (χ1n) is 6.08. The highest BCUT2D eigenvalue weighted by Gasteiger charge is 2.35. The molecule has 1 unspecified atom stereocenters. The Labute approximate surface area is 139 Å². The molecule has 0 amide bonds. The average Bonchev–Trinajstić information content (AvgIpc) is 2.78. The van der Waals surface area contributed by atoms with Crippen molar-refractivity contribution >= 4 is 50.0 Å². The minimum absolute atomic E-state index is 0. The molecular weight excluding hydrogens is 387 g/mol. The molecule has 0 saturated carbocycles. The predicted molar refractivity (Wildman–Crippen MR) is 87.2 cm³/mol. The first kappa shape index (κ1) is 18.2. The fourth-order valence-corrected chi connectivity index (χ4v) is 5.41. The van der Waals surface area contributed by atoms with Gasteiger partial charge in [-0.2, -0.15) is 4.31 Å². The third kappa shape index (κ3) is 3.67. The van der Waals surface area contributed by atoms with Gasteiger partial charge in [-0.25, -0.2) is 8.42 Å². The Morgan fingerprint density at radius 3 is 2.80 bits per heavy atom. The van der Waals surface area contributed by atoms with Gasteiger partial charge in [0.05, 0.1) is 4.90 Å². The number of hydrogen-bond donors (Lipinski definition) is 1. The number of nitrogens with zero attached hydrogens (tertiary/aromatic N) is 1. The molecular formula is C12H17BrCl2N2O2S. The maximum absolute atomic E-state index is 12.7. The summed E-state index contributed by atoms with van der Waals surface area (Å²) < 4.78 is 27.4. The van der Waals surface area contributed by atoms with Crippen LogP contribution in [0.4, 0.5) is 0 Å². The van der Waals surface area contributed by atoms with Gasteiger partial charge >= 0.3 is 0 Å². The summed E-state index contributed by atoms with van der Waals surface area (Å²) in [7, 11) is -1.64. The van der Waals surface area contributed by atoms with E-state index in [0.29, 0.717) is 22.6 Å². The van der Waals surface area contributed by atoms with Crippen molar-refractivity contribution in [3.8, 4) is 0 Å². The summed E-state index contributed by atoms with van der Waals surface area (Å²) in [6.07, 6.45) is 1.79. The normalized spacial score (nSPS) is 19.9. The van der Waals surface area contributed by atoms with Crippen molar-refractivity contribution < 1.29 is 8.42 Å². The van der Waals surface area contributed by atoms with E-state index >= 15 is 0 Å². The molecule has 20 heavy (non-hydrogen) atoms. The van der Waals surface area contributed by atoms with E-state index in [0.717, 1.165) is 12.8 Å². The number of benzene rings is 1. The summed E-state index contributed by atoms with van der Waals surface area (Å²) in [5, 5.41) is 3.56. The minimum Gasteiger partial charge on any atom is -0.318 e. The lowest BCUT2D eigenvalue weighted by molar-refractivity contribution is 0.379. The Bertz CT molecular complexity index is 569. The summed E-state index contributed by atoms with van der Waals surface area (Å²) in [6.45, 7) is 1.24. The first-order valence-corrected chi connectivity index (χ1v) is 8.69. The van der Waals surface area contributed by atoms with Crippen LogP contribution in [0.3, 0.4) is 0 Å². The maximum atomic E-state index is 12.7. The molecule has 0 radical (unpaired) electrons. The molecule has 1 atom stereocenters. The number of hydrogen-bond acceptors (Lipinski definition) is 3. The zero-order valence-electron chi connectivity index (χ0n) is 11.0. The molecule has 114 valence electrons. The monoisotopic (exact) mass is 402 g/mol. The standard InChI is InChI=1S/C12H16BrClN2O2S.ClH/c1-15-8-10-3-2-6-16(10)19(17,18)12-5-4-9(14)7-11(12)13;/h4-5,7,10,15H,2-3,6,8H2,1H3;1H. The lowest BCUT2D eigenvalue weighted by Gasteiger charge is -2.24.